The molecule has 26 heavy (non-hydrogen) atoms. The summed E-state index contributed by atoms with van der Waals surface area (Å²) in [6.45, 7) is 4.37. The van der Waals surface area contributed by atoms with E-state index in [-0.39, 0.29) is 0 Å². The van der Waals surface area contributed by atoms with E-state index in [9.17, 15) is 0 Å². The van der Waals surface area contributed by atoms with Crippen molar-refractivity contribution in [3.05, 3.63) is 54.7 Å². The number of fused-ring (bicyclic) bond motifs is 1. The van der Waals surface area contributed by atoms with Gasteiger partial charge in [0.1, 0.15) is 17.5 Å². The average Bonchev–Trinajstić information content (AvgIpc) is 3.21. The van der Waals surface area contributed by atoms with Gasteiger partial charge in [-0.3, -0.25) is 9.08 Å². The minimum Gasteiger partial charge on any atom is -0.325 e. The fraction of sp³-hybridized carbons (Fsp3) is 0.263. The van der Waals surface area contributed by atoms with Crippen LogP contribution in [0, 0.1) is 5.92 Å². The second kappa shape index (κ2) is 6.59. The monoisotopic (exact) mass is 347 g/mol. The summed E-state index contributed by atoms with van der Waals surface area (Å²) in [5, 5.41) is 16.1. The fourth-order valence-corrected chi connectivity index (χ4v) is 2.93. The third-order valence-corrected chi connectivity index (χ3v) is 4.24. The van der Waals surface area contributed by atoms with Crippen LogP contribution in [0.3, 0.4) is 0 Å². The van der Waals surface area contributed by atoms with Gasteiger partial charge in [-0.15, -0.1) is 10.2 Å². The first-order chi connectivity index (χ1) is 12.6. The van der Waals surface area contributed by atoms with Crippen molar-refractivity contribution < 1.29 is 0 Å². The summed E-state index contributed by atoms with van der Waals surface area (Å²) in [4.78, 5) is 4.39. The lowest BCUT2D eigenvalue weighted by atomic mass is 10.1. The van der Waals surface area contributed by atoms with E-state index in [1.807, 2.05) is 31.4 Å². The van der Waals surface area contributed by atoms with Crippen molar-refractivity contribution in [2.45, 2.75) is 20.3 Å². The molecule has 7 heteroatoms. The Morgan fingerprint density at radius 2 is 1.88 bits per heavy atom. The molecule has 7 nitrogen and oxygen atoms in total. The summed E-state index contributed by atoms with van der Waals surface area (Å²) in [5.41, 5.74) is 3.01. The molecule has 0 spiro atoms. The zero-order chi connectivity index (χ0) is 18.1. The van der Waals surface area contributed by atoms with Crippen molar-refractivity contribution in [2.24, 2.45) is 13.0 Å². The predicted octanol–water partition coefficient (Wildman–Crippen LogP) is 3.47. The normalized spacial score (nSPS) is 11.4. The van der Waals surface area contributed by atoms with Crippen molar-refractivity contribution in [2.75, 3.05) is 5.32 Å². The van der Waals surface area contributed by atoms with Crippen LogP contribution in [0.5, 0.6) is 0 Å². The maximum atomic E-state index is 4.39. The van der Waals surface area contributed by atoms with Crippen molar-refractivity contribution in [1.82, 2.24) is 29.4 Å². The minimum atomic E-state index is 0.544. The van der Waals surface area contributed by atoms with Crippen LogP contribution in [-0.4, -0.2) is 29.4 Å². The molecule has 0 saturated heterocycles. The topological polar surface area (TPSA) is 72.9 Å². The molecule has 0 aromatic carbocycles. The number of aromatic nitrogens is 6. The zero-order valence-corrected chi connectivity index (χ0v) is 15.1. The van der Waals surface area contributed by atoms with E-state index in [1.165, 1.54) is 0 Å². The first-order valence-electron chi connectivity index (χ1n) is 8.65. The van der Waals surface area contributed by atoms with Crippen LogP contribution in [0.1, 0.15) is 19.7 Å². The summed E-state index contributed by atoms with van der Waals surface area (Å²) >= 11 is 0. The lowest BCUT2D eigenvalue weighted by Gasteiger charge is -2.08. The van der Waals surface area contributed by atoms with Crippen LogP contribution in [0.25, 0.3) is 16.8 Å². The van der Waals surface area contributed by atoms with Crippen LogP contribution in [0.15, 0.2) is 48.9 Å². The maximum absolute atomic E-state index is 4.39. The first kappa shape index (κ1) is 16.3. The Morgan fingerprint density at radius 1 is 1.04 bits per heavy atom. The minimum absolute atomic E-state index is 0.544. The zero-order valence-electron chi connectivity index (χ0n) is 15.1. The quantitative estimate of drug-likeness (QED) is 0.598. The second-order valence-electron chi connectivity index (χ2n) is 6.75. The molecule has 0 bridgehead atoms. The van der Waals surface area contributed by atoms with Crippen LogP contribution in [-0.2, 0) is 13.5 Å². The number of anilines is 2. The van der Waals surface area contributed by atoms with Gasteiger partial charge in [0.05, 0.1) is 6.20 Å². The molecule has 0 atom stereocenters. The largest absolute Gasteiger partial charge is 0.325 e. The first-order valence-corrected chi connectivity index (χ1v) is 8.65. The Hall–Kier alpha value is -3.22. The van der Waals surface area contributed by atoms with Crippen LogP contribution >= 0.6 is 0 Å². The number of pyridine rings is 2. The summed E-state index contributed by atoms with van der Waals surface area (Å²) in [5.74, 6) is 3.20. The number of hydrogen-bond donors (Lipinski definition) is 1. The summed E-state index contributed by atoms with van der Waals surface area (Å²) in [6, 6.07) is 10.1. The summed E-state index contributed by atoms with van der Waals surface area (Å²) in [6.07, 6.45) is 6.50. The molecule has 0 unspecified atom stereocenters. The molecular formula is C19H21N7. The molecule has 1 N–H and O–H groups in total. The van der Waals surface area contributed by atoms with Gasteiger partial charge in [-0.05, 0) is 41.3 Å². The molecule has 4 rings (SSSR count). The molecule has 132 valence electrons. The molecule has 0 aliphatic rings. The highest BCUT2D eigenvalue weighted by Gasteiger charge is 2.09. The molecule has 0 aliphatic carbocycles. The Morgan fingerprint density at radius 3 is 2.65 bits per heavy atom. The van der Waals surface area contributed by atoms with E-state index < -0.39 is 0 Å². The van der Waals surface area contributed by atoms with Gasteiger partial charge < -0.3 is 5.32 Å². The second-order valence-corrected chi connectivity index (χ2v) is 6.75. The SMILES string of the molecule is CC(C)Cc1nnc2cc(-c3ccnc(Nc4ccnn4C)c3)ccn12. The van der Waals surface area contributed by atoms with E-state index in [1.54, 1.807) is 17.1 Å². The summed E-state index contributed by atoms with van der Waals surface area (Å²) < 4.78 is 3.83. The third kappa shape index (κ3) is 3.15. The Bertz CT molecular complexity index is 1040. The average molecular weight is 347 g/mol. The van der Waals surface area contributed by atoms with E-state index in [2.05, 4.69) is 56.0 Å². The van der Waals surface area contributed by atoms with Gasteiger partial charge >= 0.3 is 0 Å². The van der Waals surface area contributed by atoms with Crippen molar-refractivity contribution in [1.29, 1.82) is 0 Å². The van der Waals surface area contributed by atoms with Crippen molar-refractivity contribution in [3.8, 4) is 11.1 Å². The number of aryl methyl sites for hydroxylation is 1. The van der Waals surface area contributed by atoms with Gasteiger partial charge in [-0.2, -0.15) is 5.10 Å². The molecule has 4 aromatic rings. The Labute approximate surface area is 151 Å². The maximum Gasteiger partial charge on any atom is 0.161 e. The van der Waals surface area contributed by atoms with Crippen LogP contribution in [0.4, 0.5) is 11.6 Å². The number of nitrogens with one attached hydrogen (secondary N) is 1. The van der Waals surface area contributed by atoms with Gasteiger partial charge in [-0.1, -0.05) is 13.8 Å². The smallest absolute Gasteiger partial charge is 0.161 e. The molecule has 0 radical (unpaired) electrons. The van der Waals surface area contributed by atoms with E-state index in [0.717, 1.165) is 40.7 Å². The molecular weight excluding hydrogens is 326 g/mol. The van der Waals surface area contributed by atoms with E-state index >= 15 is 0 Å². The van der Waals surface area contributed by atoms with E-state index in [0.29, 0.717) is 5.92 Å². The number of rotatable bonds is 5. The van der Waals surface area contributed by atoms with Gasteiger partial charge in [0.2, 0.25) is 0 Å². The highest BCUT2D eigenvalue weighted by molar-refractivity contribution is 5.70. The molecule has 0 saturated carbocycles. The molecule has 0 aliphatic heterocycles. The van der Waals surface area contributed by atoms with Gasteiger partial charge in [-0.25, -0.2) is 4.98 Å². The summed E-state index contributed by atoms with van der Waals surface area (Å²) in [7, 11) is 1.89. The lowest BCUT2D eigenvalue weighted by molar-refractivity contribution is 0.616. The van der Waals surface area contributed by atoms with E-state index in [4.69, 9.17) is 0 Å². The number of hydrogen-bond acceptors (Lipinski definition) is 5. The predicted molar refractivity (Wildman–Crippen MR) is 101 cm³/mol. The number of nitrogens with zero attached hydrogens (tertiary/aromatic N) is 6. The lowest BCUT2D eigenvalue weighted by Crippen LogP contribution is -2.01. The fourth-order valence-electron chi connectivity index (χ4n) is 2.93. The van der Waals surface area contributed by atoms with Gasteiger partial charge in [0, 0.05) is 31.9 Å². The molecule has 4 aromatic heterocycles. The molecule has 0 fully saturated rings. The van der Waals surface area contributed by atoms with Gasteiger partial charge in [0.15, 0.2) is 5.65 Å². The Kier molecular flexibility index (Phi) is 4.12. The third-order valence-electron chi connectivity index (χ3n) is 4.24. The highest BCUT2D eigenvalue weighted by atomic mass is 15.3. The highest BCUT2D eigenvalue weighted by Crippen LogP contribution is 2.24. The standard InChI is InChI=1S/C19H21N7/c1-13(2)10-18-23-24-19-12-15(6-9-26(18)19)14-4-7-20-16(11-14)22-17-5-8-21-25(17)3/h4-9,11-13H,10H2,1-3H3,(H,20,22). The van der Waals surface area contributed by atoms with Gasteiger partial charge in [0.25, 0.3) is 0 Å². The molecule has 4 heterocycles. The van der Waals surface area contributed by atoms with Crippen molar-refractivity contribution in [3.63, 3.8) is 0 Å². The molecule has 0 amide bonds. The van der Waals surface area contributed by atoms with Crippen LogP contribution in [0.2, 0.25) is 0 Å². The van der Waals surface area contributed by atoms with Crippen molar-refractivity contribution >= 4 is 17.3 Å². The Balaban J connectivity index is 1.65. The van der Waals surface area contributed by atoms with Crippen LogP contribution < -0.4 is 5.32 Å².